The van der Waals surface area contributed by atoms with Gasteiger partial charge in [-0.3, -0.25) is 4.79 Å². The minimum atomic E-state index is -0.540. The first-order valence-electron chi connectivity index (χ1n) is 3.60. The molecule has 1 rings (SSSR count). The van der Waals surface area contributed by atoms with Crippen LogP contribution in [0.3, 0.4) is 0 Å². The molecule has 0 aromatic heterocycles. The predicted octanol–water partition coefficient (Wildman–Crippen LogP) is 1.50. The SMILES string of the molecule is N#CCc1cc(Cl)ccc1C(N)=O. The molecule has 0 unspecified atom stereocenters. The van der Waals surface area contributed by atoms with Gasteiger partial charge in [-0.05, 0) is 23.8 Å². The second-order valence-corrected chi connectivity index (χ2v) is 2.94. The number of nitrogens with two attached hydrogens (primary N) is 1. The molecular weight excluding hydrogens is 188 g/mol. The molecule has 4 heteroatoms. The molecule has 0 heterocycles. The summed E-state index contributed by atoms with van der Waals surface area (Å²) in [4.78, 5) is 10.9. The summed E-state index contributed by atoms with van der Waals surface area (Å²) in [6.07, 6.45) is 0.138. The van der Waals surface area contributed by atoms with E-state index >= 15 is 0 Å². The van der Waals surface area contributed by atoms with Crippen LogP contribution in [-0.2, 0) is 6.42 Å². The van der Waals surface area contributed by atoms with Crippen LogP contribution in [0.5, 0.6) is 0 Å². The maximum atomic E-state index is 10.9. The summed E-state index contributed by atoms with van der Waals surface area (Å²) in [7, 11) is 0. The zero-order valence-corrected chi connectivity index (χ0v) is 7.51. The largest absolute Gasteiger partial charge is 0.366 e. The fourth-order valence-electron chi connectivity index (χ4n) is 1.03. The van der Waals surface area contributed by atoms with Crippen molar-refractivity contribution < 1.29 is 4.79 Å². The number of carbonyl (C=O) groups excluding carboxylic acids is 1. The van der Waals surface area contributed by atoms with Crippen LogP contribution in [0.4, 0.5) is 0 Å². The van der Waals surface area contributed by atoms with Gasteiger partial charge < -0.3 is 5.73 Å². The Morgan fingerprint density at radius 2 is 2.31 bits per heavy atom. The third-order valence-electron chi connectivity index (χ3n) is 1.60. The molecule has 1 aromatic rings. The van der Waals surface area contributed by atoms with Crippen molar-refractivity contribution in [3.05, 3.63) is 34.3 Å². The number of nitriles is 1. The van der Waals surface area contributed by atoms with Crippen molar-refractivity contribution in [3.63, 3.8) is 0 Å². The topological polar surface area (TPSA) is 66.9 Å². The van der Waals surface area contributed by atoms with E-state index in [9.17, 15) is 4.79 Å². The van der Waals surface area contributed by atoms with Crippen LogP contribution < -0.4 is 5.73 Å². The van der Waals surface area contributed by atoms with Gasteiger partial charge in [0.2, 0.25) is 5.91 Å². The van der Waals surface area contributed by atoms with E-state index in [2.05, 4.69) is 0 Å². The first-order chi connectivity index (χ1) is 6.15. The maximum absolute atomic E-state index is 10.9. The summed E-state index contributed by atoms with van der Waals surface area (Å²) >= 11 is 5.70. The summed E-state index contributed by atoms with van der Waals surface area (Å²) < 4.78 is 0. The molecule has 66 valence electrons. The van der Waals surface area contributed by atoms with Gasteiger partial charge in [-0.15, -0.1) is 0 Å². The molecule has 13 heavy (non-hydrogen) atoms. The second kappa shape index (κ2) is 3.92. The molecule has 0 atom stereocenters. The quantitative estimate of drug-likeness (QED) is 0.776. The van der Waals surface area contributed by atoms with Crippen molar-refractivity contribution >= 4 is 17.5 Å². The number of benzene rings is 1. The minimum absolute atomic E-state index is 0.138. The molecule has 1 aromatic carbocycles. The smallest absolute Gasteiger partial charge is 0.249 e. The number of carbonyl (C=O) groups is 1. The fraction of sp³-hybridized carbons (Fsp3) is 0.111. The Bertz CT molecular complexity index is 382. The van der Waals surface area contributed by atoms with E-state index in [-0.39, 0.29) is 6.42 Å². The zero-order chi connectivity index (χ0) is 9.84. The number of hydrogen-bond acceptors (Lipinski definition) is 2. The van der Waals surface area contributed by atoms with Gasteiger partial charge in [0.15, 0.2) is 0 Å². The molecular formula is C9H7ClN2O. The molecule has 0 radical (unpaired) electrons. The Morgan fingerprint density at radius 3 is 2.85 bits per heavy atom. The molecule has 0 aliphatic heterocycles. The predicted molar refractivity (Wildman–Crippen MR) is 49.3 cm³/mol. The van der Waals surface area contributed by atoms with Crippen LogP contribution in [0.1, 0.15) is 15.9 Å². The van der Waals surface area contributed by atoms with E-state index in [1.807, 2.05) is 6.07 Å². The number of halogens is 1. The van der Waals surface area contributed by atoms with E-state index in [0.717, 1.165) is 0 Å². The Labute approximate surface area is 80.7 Å². The zero-order valence-electron chi connectivity index (χ0n) is 6.75. The molecule has 1 amide bonds. The van der Waals surface area contributed by atoms with E-state index < -0.39 is 5.91 Å². The van der Waals surface area contributed by atoms with Crippen LogP contribution in [0.25, 0.3) is 0 Å². The lowest BCUT2D eigenvalue weighted by atomic mass is 10.1. The molecule has 0 spiro atoms. The Balaban J connectivity index is 3.20. The highest BCUT2D eigenvalue weighted by molar-refractivity contribution is 6.30. The number of nitrogens with zero attached hydrogens (tertiary/aromatic N) is 1. The summed E-state index contributed by atoms with van der Waals surface area (Å²) in [5.41, 5.74) is 6.03. The van der Waals surface area contributed by atoms with Crippen molar-refractivity contribution in [2.24, 2.45) is 5.73 Å². The second-order valence-electron chi connectivity index (χ2n) is 2.50. The van der Waals surface area contributed by atoms with E-state index in [1.165, 1.54) is 6.07 Å². The molecule has 3 nitrogen and oxygen atoms in total. The van der Waals surface area contributed by atoms with Crippen molar-refractivity contribution in [2.75, 3.05) is 0 Å². The molecule has 0 saturated heterocycles. The molecule has 0 fully saturated rings. The first kappa shape index (κ1) is 9.56. The van der Waals surface area contributed by atoms with E-state index in [4.69, 9.17) is 22.6 Å². The van der Waals surface area contributed by atoms with Gasteiger partial charge in [-0.25, -0.2) is 0 Å². The summed E-state index contributed by atoms with van der Waals surface area (Å²) in [6.45, 7) is 0. The van der Waals surface area contributed by atoms with Crippen LogP contribution >= 0.6 is 11.6 Å². The molecule has 0 saturated carbocycles. The van der Waals surface area contributed by atoms with E-state index in [0.29, 0.717) is 16.1 Å². The highest BCUT2D eigenvalue weighted by Gasteiger charge is 2.07. The van der Waals surface area contributed by atoms with E-state index in [1.54, 1.807) is 12.1 Å². The maximum Gasteiger partial charge on any atom is 0.249 e. The van der Waals surface area contributed by atoms with Crippen molar-refractivity contribution in [2.45, 2.75) is 6.42 Å². The first-order valence-corrected chi connectivity index (χ1v) is 3.98. The van der Waals surface area contributed by atoms with Gasteiger partial charge in [0.1, 0.15) is 0 Å². The van der Waals surface area contributed by atoms with Gasteiger partial charge in [0.05, 0.1) is 12.5 Å². The highest BCUT2D eigenvalue weighted by Crippen LogP contribution is 2.16. The minimum Gasteiger partial charge on any atom is -0.366 e. The summed E-state index contributed by atoms with van der Waals surface area (Å²) in [5.74, 6) is -0.540. The third-order valence-corrected chi connectivity index (χ3v) is 1.84. The third kappa shape index (κ3) is 2.20. The average molecular weight is 195 g/mol. The van der Waals surface area contributed by atoms with Crippen molar-refractivity contribution in [3.8, 4) is 6.07 Å². The Morgan fingerprint density at radius 1 is 1.62 bits per heavy atom. The summed E-state index contributed by atoms with van der Waals surface area (Å²) in [6, 6.07) is 6.61. The normalized spacial score (nSPS) is 9.23. The number of rotatable bonds is 2. The Kier molecular flexibility index (Phi) is 2.88. The van der Waals surface area contributed by atoms with Gasteiger partial charge in [0.25, 0.3) is 0 Å². The lowest BCUT2D eigenvalue weighted by molar-refractivity contribution is 0.0999. The van der Waals surface area contributed by atoms with Crippen LogP contribution in [-0.4, -0.2) is 5.91 Å². The number of amides is 1. The van der Waals surface area contributed by atoms with Gasteiger partial charge in [0, 0.05) is 10.6 Å². The van der Waals surface area contributed by atoms with Crippen LogP contribution in [0, 0.1) is 11.3 Å². The average Bonchev–Trinajstić information content (AvgIpc) is 2.04. The van der Waals surface area contributed by atoms with Gasteiger partial charge >= 0.3 is 0 Å². The van der Waals surface area contributed by atoms with Crippen LogP contribution in [0.15, 0.2) is 18.2 Å². The Hall–Kier alpha value is -1.53. The van der Waals surface area contributed by atoms with Crippen molar-refractivity contribution in [1.29, 1.82) is 5.26 Å². The molecule has 0 aliphatic carbocycles. The van der Waals surface area contributed by atoms with Gasteiger partial charge in [-0.1, -0.05) is 11.6 Å². The van der Waals surface area contributed by atoms with Crippen molar-refractivity contribution in [1.82, 2.24) is 0 Å². The van der Waals surface area contributed by atoms with Gasteiger partial charge in [-0.2, -0.15) is 5.26 Å². The fourth-order valence-corrected chi connectivity index (χ4v) is 1.23. The lowest BCUT2D eigenvalue weighted by Gasteiger charge is -2.02. The van der Waals surface area contributed by atoms with Crippen LogP contribution in [0.2, 0.25) is 5.02 Å². The monoisotopic (exact) mass is 194 g/mol. The summed E-state index contributed by atoms with van der Waals surface area (Å²) in [5, 5.41) is 8.97. The number of hydrogen-bond donors (Lipinski definition) is 1. The standard InChI is InChI=1S/C9H7ClN2O/c10-7-1-2-8(9(12)13)6(5-7)3-4-11/h1-2,5H,3H2,(H2,12,13). The highest BCUT2D eigenvalue weighted by atomic mass is 35.5. The number of primary amides is 1. The molecule has 2 N–H and O–H groups in total. The molecule has 0 aliphatic rings. The molecule has 0 bridgehead atoms. The lowest BCUT2D eigenvalue weighted by Crippen LogP contribution is -2.13.